The lowest BCUT2D eigenvalue weighted by Gasteiger charge is -2.06. The van der Waals surface area contributed by atoms with Gasteiger partial charge in [0.15, 0.2) is 11.5 Å². The second kappa shape index (κ2) is 6.45. The van der Waals surface area contributed by atoms with Gasteiger partial charge in [0.1, 0.15) is 5.82 Å². The molecule has 4 nitrogen and oxygen atoms in total. The van der Waals surface area contributed by atoms with Crippen LogP contribution in [0.25, 0.3) is 27.9 Å². The molecule has 0 fully saturated rings. The first-order valence-corrected chi connectivity index (χ1v) is 8.95. The van der Waals surface area contributed by atoms with Gasteiger partial charge in [-0.15, -0.1) is 5.10 Å². The van der Waals surface area contributed by atoms with Crippen molar-refractivity contribution in [1.29, 1.82) is 0 Å². The van der Waals surface area contributed by atoms with E-state index in [9.17, 15) is 0 Å². The maximum absolute atomic E-state index is 6.20. The van der Waals surface area contributed by atoms with Gasteiger partial charge in [-0.25, -0.2) is 9.97 Å². The highest BCUT2D eigenvalue weighted by Crippen LogP contribution is 2.25. The molecule has 0 aliphatic rings. The average Bonchev–Trinajstić information content (AvgIpc) is 3.06. The van der Waals surface area contributed by atoms with Crippen LogP contribution in [-0.2, 0) is 6.42 Å². The van der Waals surface area contributed by atoms with Gasteiger partial charge in [0.2, 0.25) is 0 Å². The van der Waals surface area contributed by atoms with E-state index in [2.05, 4.69) is 38.1 Å². The minimum atomic E-state index is 0.678. The largest absolute Gasteiger partial charge is 0.233 e. The molecular formula is C20H19ClN4. The van der Waals surface area contributed by atoms with Crippen molar-refractivity contribution in [2.24, 2.45) is 0 Å². The number of nitrogens with zero attached hydrogens (tertiary/aromatic N) is 4. The molecular weight excluding hydrogens is 332 g/mol. The third-order valence-corrected chi connectivity index (χ3v) is 4.60. The van der Waals surface area contributed by atoms with E-state index in [0.29, 0.717) is 10.8 Å². The molecule has 0 saturated carbocycles. The third kappa shape index (κ3) is 2.98. The molecule has 25 heavy (non-hydrogen) atoms. The zero-order valence-electron chi connectivity index (χ0n) is 14.3. The fraction of sp³-hybridized carbons (Fsp3) is 0.250. The van der Waals surface area contributed by atoms with Crippen LogP contribution in [0, 0.1) is 6.92 Å². The van der Waals surface area contributed by atoms with Crippen LogP contribution in [0.5, 0.6) is 0 Å². The SMILES string of the molecule is CCCCc1nc2ccc(Cl)cc2c2nc(-c3ccc(C)cc3)nn12. The van der Waals surface area contributed by atoms with E-state index in [1.54, 1.807) is 0 Å². The van der Waals surface area contributed by atoms with Crippen LogP contribution in [0.15, 0.2) is 42.5 Å². The standard InChI is InChI=1S/C20H19ClN4/c1-3-4-5-18-22-17-11-10-15(21)12-16(17)20-23-19(24-25(18)20)14-8-6-13(2)7-9-14/h6-12H,3-5H2,1-2H3. The molecule has 2 aromatic carbocycles. The van der Waals surface area contributed by atoms with Crippen molar-refractivity contribution in [3.05, 3.63) is 58.9 Å². The van der Waals surface area contributed by atoms with E-state index >= 15 is 0 Å². The first-order chi connectivity index (χ1) is 12.2. The van der Waals surface area contributed by atoms with Gasteiger partial charge in [-0.1, -0.05) is 54.8 Å². The van der Waals surface area contributed by atoms with Gasteiger partial charge in [0, 0.05) is 22.4 Å². The Balaban J connectivity index is 1.97. The normalized spacial score (nSPS) is 11.5. The summed E-state index contributed by atoms with van der Waals surface area (Å²) in [4.78, 5) is 9.61. The molecule has 0 aliphatic heterocycles. The Bertz CT molecular complexity index is 1050. The van der Waals surface area contributed by atoms with Crippen LogP contribution in [0.1, 0.15) is 31.2 Å². The first-order valence-electron chi connectivity index (χ1n) is 8.57. The van der Waals surface area contributed by atoms with Gasteiger partial charge < -0.3 is 0 Å². The highest BCUT2D eigenvalue weighted by atomic mass is 35.5. The average molecular weight is 351 g/mol. The quantitative estimate of drug-likeness (QED) is 0.505. The summed E-state index contributed by atoms with van der Waals surface area (Å²) in [7, 11) is 0. The molecule has 0 radical (unpaired) electrons. The lowest BCUT2D eigenvalue weighted by atomic mass is 10.1. The van der Waals surface area contributed by atoms with Crippen molar-refractivity contribution in [3.8, 4) is 11.4 Å². The molecule has 4 aromatic rings. The van der Waals surface area contributed by atoms with E-state index in [-0.39, 0.29) is 0 Å². The summed E-state index contributed by atoms with van der Waals surface area (Å²) >= 11 is 6.20. The number of fused-ring (bicyclic) bond motifs is 3. The fourth-order valence-corrected chi connectivity index (χ4v) is 3.13. The molecule has 0 bridgehead atoms. The van der Waals surface area contributed by atoms with Gasteiger partial charge in [0.25, 0.3) is 0 Å². The van der Waals surface area contributed by atoms with Crippen LogP contribution in [0.4, 0.5) is 0 Å². The minimum absolute atomic E-state index is 0.678. The number of aromatic nitrogens is 4. The van der Waals surface area contributed by atoms with Crippen molar-refractivity contribution in [3.63, 3.8) is 0 Å². The monoisotopic (exact) mass is 350 g/mol. The second-order valence-corrected chi connectivity index (χ2v) is 6.77. The number of benzene rings is 2. The van der Waals surface area contributed by atoms with Gasteiger partial charge in [-0.2, -0.15) is 4.52 Å². The minimum Gasteiger partial charge on any atom is -0.233 e. The Kier molecular flexibility index (Phi) is 4.14. The first kappa shape index (κ1) is 16.0. The lowest BCUT2D eigenvalue weighted by molar-refractivity contribution is 0.720. The van der Waals surface area contributed by atoms with Gasteiger partial charge in [-0.3, -0.25) is 0 Å². The molecule has 0 amide bonds. The van der Waals surface area contributed by atoms with Gasteiger partial charge in [0.05, 0.1) is 5.52 Å². The molecule has 0 N–H and O–H groups in total. The predicted molar refractivity (Wildman–Crippen MR) is 102 cm³/mol. The van der Waals surface area contributed by atoms with E-state index in [0.717, 1.165) is 47.2 Å². The maximum Gasteiger partial charge on any atom is 0.182 e. The molecule has 0 spiro atoms. The number of hydrogen-bond donors (Lipinski definition) is 0. The zero-order chi connectivity index (χ0) is 17.4. The number of hydrogen-bond acceptors (Lipinski definition) is 3. The Morgan fingerprint density at radius 1 is 1.04 bits per heavy atom. The smallest absolute Gasteiger partial charge is 0.182 e. The number of unbranched alkanes of at least 4 members (excludes halogenated alkanes) is 1. The van der Waals surface area contributed by atoms with E-state index in [1.807, 2.05) is 22.7 Å². The molecule has 4 rings (SSSR count). The summed E-state index contributed by atoms with van der Waals surface area (Å²) in [6.45, 7) is 4.25. The Morgan fingerprint density at radius 3 is 2.60 bits per heavy atom. The van der Waals surface area contributed by atoms with E-state index < -0.39 is 0 Å². The molecule has 2 aromatic heterocycles. The number of rotatable bonds is 4. The van der Waals surface area contributed by atoms with Gasteiger partial charge in [-0.05, 0) is 31.5 Å². The molecule has 5 heteroatoms. The summed E-state index contributed by atoms with van der Waals surface area (Å²) in [6.07, 6.45) is 3.06. The second-order valence-electron chi connectivity index (χ2n) is 6.33. The molecule has 0 unspecified atom stereocenters. The fourth-order valence-electron chi connectivity index (χ4n) is 2.96. The molecule has 0 atom stereocenters. The van der Waals surface area contributed by atoms with Crippen molar-refractivity contribution >= 4 is 28.2 Å². The molecule has 0 aliphatic carbocycles. The molecule has 2 heterocycles. The van der Waals surface area contributed by atoms with Crippen LogP contribution >= 0.6 is 11.6 Å². The lowest BCUT2D eigenvalue weighted by Crippen LogP contribution is -2.03. The van der Waals surface area contributed by atoms with Crippen LogP contribution in [0.3, 0.4) is 0 Å². The van der Waals surface area contributed by atoms with E-state index in [1.165, 1.54) is 5.56 Å². The summed E-state index contributed by atoms with van der Waals surface area (Å²) in [6, 6.07) is 14.0. The Morgan fingerprint density at radius 2 is 1.84 bits per heavy atom. The predicted octanol–water partition coefficient (Wildman–Crippen LogP) is 5.25. The number of halogens is 1. The highest BCUT2D eigenvalue weighted by molar-refractivity contribution is 6.31. The van der Waals surface area contributed by atoms with Crippen LogP contribution in [0.2, 0.25) is 5.02 Å². The van der Waals surface area contributed by atoms with Crippen molar-refractivity contribution < 1.29 is 0 Å². The maximum atomic E-state index is 6.20. The molecule has 126 valence electrons. The van der Waals surface area contributed by atoms with Crippen molar-refractivity contribution in [2.45, 2.75) is 33.1 Å². The Hall–Kier alpha value is -2.46. The van der Waals surface area contributed by atoms with Crippen molar-refractivity contribution in [2.75, 3.05) is 0 Å². The number of aryl methyl sites for hydroxylation is 2. The Labute approximate surface area is 151 Å². The van der Waals surface area contributed by atoms with Crippen LogP contribution in [-0.4, -0.2) is 19.6 Å². The summed E-state index contributed by atoms with van der Waals surface area (Å²) in [5.74, 6) is 1.66. The zero-order valence-corrected chi connectivity index (χ0v) is 15.1. The van der Waals surface area contributed by atoms with E-state index in [4.69, 9.17) is 26.7 Å². The topological polar surface area (TPSA) is 43.1 Å². The van der Waals surface area contributed by atoms with Crippen LogP contribution < -0.4 is 0 Å². The molecule has 0 saturated heterocycles. The highest BCUT2D eigenvalue weighted by Gasteiger charge is 2.14. The third-order valence-electron chi connectivity index (χ3n) is 4.36. The summed E-state index contributed by atoms with van der Waals surface area (Å²) in [5.41, 5.74) is 3.95. The van der Waals surface area contributed by atoms with Crippen molar-refractivity contribution in [1.82, 2.24) is 19.6 Å². The summed E-state index contributed by atoms with van der Waals surface area (Å²) < 4.78 is 1.88. The van der Waals surface area contributed by atoms with Gasteiger partial charge >= 0.3 is 0 Å². The summed E-state index contributed by atoms with van der Waals surface area (Å²) in [5, 5.41) is 6.35.